The molecule has 0 spiro atoms. The summed E-state index contributed by atoms with van der Waals surface area (Å²) in [7, 11) is -3.85. The van der Waals surface area contributed by atoms with E-state index in [0.29, 0.717) is 16.8 Å². The number of hydrogen-bond donors (Lipinski definition) is 0. The van der Waals surface area contributed by atoms with Gasteiger partial charge in [-0.15, -0.1) is 0 Å². The molecule has 0 amide bonds. The van der Waals surface area contributed by atoms with Crippen LogP contribution >= 0.6 is 15.9 Å². The van der Waals surface area contributed by atoms with Crippen LogP contribution in [0, 0.1) is 0 Å². The van der Waals surface area contributed by atoms with Gasteiger partial charge in [0.1, 0.15) is 10.6 Å². The van der Waals surface area contributed by atoms with Gasteiger partial charge in [-0.25, -0.2) is 8.42 Å². The first-order chi connectivity index (χ1) is 13.1. The lowest BCUT2D eigenvalue weighted by atomic mass is 10.1. The van der Waals surface area contributed by atoms with E-state index in [2.05, 4.69) is 21.1 Å². The normalized spacial score (nSPS) is 11.4. The number of hydrogen-bond acceptors (Lipinski definition) is 4. The van der Waals surface area contributed by atoms with E-state index in [1.807, 2.05) is 48.5 Å². The summed E-state index contributed by atoms with van der Waals surface area (Å²) < 4.78 is 33.3. The maximum Gasteiger partial charge on any atom is 0.212 e. The Kier molecular flexibility index (Phi) is 4.68. The van der Waals surface area contributed by atoms with E-state index in [0.717, 1.165) is 4.47 Å². The Hall–Kier alpha value is -2.70. The average Bonchev–Trinajstić information content (AvgIpc) is 3.16. The Balaban J connectivity index is 1.99. The molecule has 0 atom stereocenters. The fourth-order valence-electron chi connectivity index (χ4n) is 2.82. The summed E-state index contributed by atoms with van der Waals surface area (Å²) in [4.78, 5) is 0.255. The van der Waals surface area contributed by atoms with Crippen molar-refractivity contribution in [2.45, 2.75) is 9.79 Å². The summed E-state index contributed by atoms with van der Waals surface area (Å²) in [6, 6.07) is 24.8. The molecule has 4 rings (SSSR count). The Morgan fingerprint density at radius 3 is 1.89 bits per heavy atom. The number of benzene rings is 3. The highest BCUT2D eigenvalue weighted by Crippen LogP contribution is 2.38. The molecule has 134 valence electrons. The Bertz CT molecular complexity index is 1110. The smallest absolute Gasteiger partial charge is 0.212 e. The first kappa shape index (κ1) is 17.7. The van der Waals surface area contributed by atoms with Crippen molar-refractivity contribution < 1.29 is 12.9 Å². The van der Waals surface area contributed by atoms with Crippen LogP contribution in [0.2, 0.25) is 0 Å². The van der Waals surface area contributed by atoms with Gasteiger partial charge in [0.25, 0.3) is 0 Å². The Morgan fingerprint density at radius 2 is 1.30 bits per heavy atom. The molecular formula is C21H14BrNO3S. The molecule has 0 unspecified atom stereocenters. The minimum absolute atomic E-state index is 0.0715. The third-order valence-corrected chi connectivity index (χ3v) is 6.46. The minimum Gasteiger partial charge on any atom is -0.354 e. The maximum atomic E-state index is 13.5. The molecule has 0 saturated carbocycles. The maximum absolute atomic E-state index is 13.5. The van der Waals surface area contributed by atoms with Crippen molar-refractivity contribution in [2.24, 2.45) is 0 Å². The monoisotopic (exact) mass is 439 g/mol. The van der Waals surface area contributed by atoms with E-state index in [1.54, 1.807) is 36.4 Å². The Labute approximate surface area is 165 Å². The van der Waals surface area contributed by atoms with Gasteiger partial charge in [-0.05, 0) is 24.3 Å². The van der Waals surface area contributed by atoms with Gasteiger partial charge in [-0.1, -0.05) is 81.8 Å². The number of sulfone groups is 1. The fourth-order valence-corrected chi connectivity index (χ4v) is 4.62. The summed E-state index contributed by atoms with van der Waals surface area (Å²) in [6.45, 7) is 0. The Morgan fingerprint density at radius 1 is 0.741 bits per heavy atom. The average molecular weight is 440 g/mol. The van der Waals surface area contributed by atoms with Crippen LogP contribution in [0.3, 0.4) is 0 Å². The summed E-state index contributed by atoms with van der Waals surface area (Å²) in [5, 5.41) is 4.11. The zero-order valence-electron chi connectivity index (χ0n) is 14.0. The van der Waals surface area contributed by atoms with Crippen LogP contribution in [0.25, 0.3) is 22.6 Å². The zero-order valence-corrected chi connectivity index (χ0v) is 16.4. The molecule has 0 N–H and O–H groups in total. The fraction of sp³-hybridized carbons (Fsp3) is 0. The van der Waals surface area contributed by atoms with Crippen molar-refractivity contribution in [3.8, 4) is 22.6 Å². The highest BCUT2D eigenvalue weighted by atomic mass is 79.9. The van der Waals surface area contributed by atoms with E-state index in [-0.39, 0.29) is 15.6 Å². The van der Waals surface area contributed by atoms with Gasteiger partial charge in [0.15, 0.2) is 5.76 Å². The van der Waals surface area contributed by atoms with Gasteiger partial charge in [0.05, 0.1) is 4.90 Å². The van der Waals surface area contributed by atoms with Gasteiger partial charge in [-0.3, -0.25) is 0 Å². The predicted octanol–water partition coefficient (Wildman–Crippen LogP) is 5.60. The molecule has 1 heterocycles. The lowest BCUT2D eigenvalue weighted by Crippen LogP contribution is -2.04. The van der Waals surface area contributed by atoms with Crippen LogP contribution in [0.4, 0.5) is 0 Å². The van der Waals surface area contributed by atoms with Crippen molar-refractivity contribution in [3.05, 3.63) is 89.4 Å². The second-order valence-corrected chi connectivity index (χ2v) is 8.68. The zero-order chi connectivity index (χ0) is 18.9. The molecule has 0 radical (unpaired) electrons. The summed E-state index contributed by atoms with van der Waals surface area (Å²) in [6.07, 6.45) is 0. The number of nitrogens with zero attached hydrogens (tertiary/aromatic N) is 1. The van der Waals surface area contributed by atoms with Crippen molar-refractivity contribution in [1.29, 1.82) is 0 Å². The second kappa shape index (κ2) is 7.13. The summed E-state index contributed by atoms with van der Waals surface area (Å²) in [5.41, 5.74) is 1.64. The van der Waals surface area contributed by atoms with Crippen molar-refractivity contribution in [3.63, 3.8) is 0 Å². The minimum atomic E-state index is -3.85. The van der Waals surface area contributed by atoms with Crippen LogP contribution in [-0.4, -0.2) is 13.6 Å². The largest absolute Gasteiger partial charge is 0.354 e. The van der Waals surface area contributed by atoms with Gasteiger partial charge in [0.2, 0.25) is 9.84 Å². The van der Waals surface area contributed by atoms with E-state index in [9.17, 15) is 8.42 Å². The van der Waals surface area contributed by atoms with E-state index < -0.39 is 9.84 Å². The van der Waals surface area contributed by atoms with Crippen LogP contribution in [-0.2, 0) is 9.84 Å². The van der Waals surface area contributed by atoms with Crippen LogP contribution in [0.15, 0.2) is 104 Å². The standard InChI is InChI=1S/C21H14BrNO3S/c22-17-11-13-18(14-12-17)27(24,25)21-19(15-7-3-1-4-8-15)23-26-20(21)16-9-5-2-6-10-16/h1-14H. The lowest BCUT2D eigenvalue weighted by Gasteiger charge is -2.07. The van der Waals surface area contributed by atoms with Crippen molar-refractivity contribution >= 4 is 25.8 Å². The van der Waals surface area contributed by atoms with Gasteiger partial charge in [-0.2, -0.15) is 0 Å². The number of halogens is 1. The molecule has 0 aliphatic heterocycles. The van der Waals surface area contributed by atoms with Gasteiger partial charge < -0.3 is 4.52 Å². The molecular weight excluding hydrogens is 426 g/mol. The molecule has 6 heteroatoms. The lowest BCUT2D eigenvalue weighted by molar-refractivity contribution is 0.433. The van der Waals surface area contributed by atoms with Gasteiger partial charge >= 0.3 is 0 Å². The molecule has 4 nitrogen and oxygen atoms in total. The van der Waals surface area contributed by atoms with Crippen LogP contribution < -0.4 is 0 Å². The molecule has 3 aromatic carbocycles. The first-order valence-corrected chi connectivity index (χ1v) is 10.5. The summed E-state index contributed by atoms with van der Waals surface area (Å²) in [5.74, 6) is 0.234. The van der Waals surface area contributed by atoms with Crippen LogP contribution in [0.1, 0.15) is 0 Å². The molecule has 0 aliphatic carbocycles. The number of aromatic nitrogens is 1. The summed E-state index contributed by atoms with van der Waals surface area (Å²) >= 11 is 3.34. The topological polar surface area (TPSA) is 60.2 Å². The number of rotatable bonds is 4. The van der Waals surface area contributed by atoms with E-state index >= 15 is 0 Å². The predicted molar refractivity (Wildman–Crippen MR) is 107 cm³/mol. The van der Waals surface area contributed by atoms with Crippen molar-refractivity contribution in [1.82, 2.24) is 5.16 Å². The third kappa shape index (κ3) is 3.34. The molecule has 1 aromatic heterocycles. The second-order valence-electron chi connectivity index (χ2n) is 5.88. The van der Waals surface area contributed by atoms with Gasteiger partial charge in [0, 0.05) is 15.6 Å². The quantitative estimate of drug-likeness (QED) is 0.414. The third-order valence-electron chi connectivity index (χ3n) is 4.13. The molecule has 0 fully saturated rings. The van der Waals surface area contributed by atoms with Crippen LogP contribution in [0.5, 0.6) is 0 Å². The highest BCUT2D eigenvalue weighted by Gasteiger charge is 2.31. The molecule has 4 aromatic rings. The van der Waals surface area contributed by atoms with E-state index in [4.69, 9.17) is 4.52 Å². The molecule has 0 aliphatic rings. The SMILES string of the molecule is O=S(=O)(c1ccc(Br)cc1)c1c(-c2ccccc2)noc1-c1ccccc1. The van der Waals surface area contributed by atoms with Crippen molar-refractivity contribution in [2.75, 3.05) is 0 Å². The molecule has 27 heavy (non-hydrogen) atoms. The molecule has 0 bridgehead atoms. The molecule has 0 saturated heterocycles. The van der Waals surface area contributed by atoms with E-state index in [1.165, 1.54) is 0 Å². The highest BCUT2D eigenvalue weighted by molar-refractivity contribution is 9.10. The first-order valence-electron chi connectivity index (χ1n) is 8.18.